The number of anilines is 1. The molecule has 3 rings (SSSR count). The second-order valence-corrected chi connectivity index (χ2v) is 4.60. The molecule has 0 bridgehead atoms. The van der Waals surface area contributed by atoms with Crippen molar-refractivity contribution < 1.29 is 0 Å². The molecule has 84 valence electrons. The van der Waals surface area contributed by atoms with E-state index in [4.69, 9.17) is 0 Å². The average molecular weight is 290 g/mol. The van der Waals surface area contributed by atoms with E-state index in [0.717, 1.165) is 22.4 Å². The summed E-state index contributed by atoms with van der Waals surface area (Å²) in [6.07, 6.45) is 5.11. The van der Waals surface area contributed by atoms with Gasteiger partial charge in [0.1, 0.15) is 0 Å². The first-order chi connectivity index (χ1) is 8.43. The fraction of sp³-hybridized carbons (Fsp3) is 0.0909. The number of aromatic nitrogens is 4. The second kappa shape index (κ2) is 4.61. The molecule has 2 aromatic heterocycles. The van der Waals surface area contributed by atoms with Crippen LogP contribution in [0.4, 0.5) is 5.69 Å². The second-order valence-electron chi connectivity index (χ2n) is 3.49. The first kappa shape index (κ1) is 10.4. The molecule has 1 N–H and O–H groups in total. The summed E-state index contributed by atoms with van der Waals surface area (Å²) in [6.45, 7) is 0.646. The van der Waals surface area contributed by atoms with E-state index in [-0.39, 0.29) is 15.0 Å². The van der Waals surface area contributed by atoms with Crippen molar-refractivity contribution in [3.8, 4) is 0 Å². The minimum absolute atomic E-state index is 0.00662. The van der Waals surface area contributed by atoms with Crippen LogP contribution in [-0.2, 0) is 6.54 Å². The van der Waals surface area contributed by atoms with E-state index in [1.807, 2.05) is 18.2 Å². The molecule has 5 nitrogen and oxygen atoms in total. The minimum atomic E-state index is 0.00662. The van der Waals surface area contributed by atoms with E-state index in [9.17, 15) is 0 Å². The Morgan fingerprint density at radius 1 is 1.18 bits per heavy atom. The van der Waals surface area contributed by atoms with E-state index in [0.29, 0.717) is 6.54 Å². The van der Waals surface area contributed by atoms with Crippen molar-refractivity contribution in [2.75, 3.05) is 5.32 Å². The summed E-state index contributed by atoms with van der Waals surface area (Å²) >= 11 is 0.00662. The molecule has 0 unspecified atom stereocenters. The van der Waals surface area contributed by atoms with Crippen LogP contribution in [0.1, 0.15) is 5.69 Å². The fourth-order valence-corrected chi connectivity index (χ4v) is 2.71. The zero-order valence-electron chi connectivity index (χ0n) is 8.87. The molecular formula is C11H9N5Se. The van der Waals surface area contributed by atoms with Gasteiger partial charge < -0.3 is 0 Å². The summed E-state index contributed by atoms with van der Waals surface area (Å²) in [5.41, 5.74) is 3.87. The molecule has 3 aromatic rings. The first-order valence-electron chi connectivity index (χ1n) is 5.13. The average Bonchev–Trinajstić information content (AvgIpc) is 2.86. The third kappa shape index (κ3) is 2.18. The molecule has 0 atom stereocenters. The van der Waals surface area contributed by atoms with E-state index >= 15 is 0 Å². The standard InChI is InChI=1S/C11H9N5Se/c1-2-9(11-10(3-1)15-17-16-11)14-7-8-6-12-4-5-13-8/h1-6,14H,7H2. The van der Waals surface area contributed by atoms with Crippen molar-refractivity contribution >= 4 is 31.7 Å². The van der Waals surface area contributed by atoms with Crippen LogP contribution in [0.25, 0.3) is 11.0 Å². The summed E-state index contributed by atoms with van der Waals surface area (Å²) in [5.74, 6) is 0. The molecule has 0 aliphatic carbocycles. The van der Waals surface area contributed by atoms with Crippen LogP contribution in [0.3, 0.4) is 0 Å². The molecule has 0 fully saturated rings. The quantitative estimate of drug-likeness (QED) is 0.732. The predicted octanol–water partition coefficient (Wildman–Crippen LogP) is 1.09. The zero-order valence-corrected chi connectivity index (χ0v) is 10.6. The van der Waals surface area contributed by atoms with Gasteiger partial charge in [0, 0.05) is 0 Å². The van der Waals surface area contributed by atoms with Crippen LogP contribution in [0.5, 0.6) is 0 Å². The molecule has 17 heavy (non-hydrogen) atoms. The Labute approximate surface area is 104 Å². The van der Waals surface area contributed by atoms with Gasteiger partial charge in [0.05, 0.1) is 0 Å². The molecule has 1 aromatic carbocycles. The Kier molecular flexibility index (Phi) is 2.81. The molecule has 0 saturated heterocycles. The molecule has 0 amide bonds. The third-order valence-electron chi connectivity index (χ3n) is 2.36. The number of nitrogens with zero attached hydrogens (tertiary/aromatic N) is 4. The number of fused-ring (bicyclic) bond motifs is 1. The Balaban J connectivity index is 1.84. The molecule has 0 radical (unpaired) electrons. The van der Waals surface area contributed by atoms with Crippen LogP contribution in [-0.4, -0.2) is 32.9 Å². The van der Waals surface area contributed by atoms with Gasteiger partial charge in [-0.3, -0.25) is 0 Å². The predicted molar refractivity (Wildman–Crippen MR) is 65.8 cm³/mol. The van der Waals surface area contributed by atoms with Crippen LogP contribution in [0.15, 0.2) is 36.8 Å². The summed E-state index contributed by atoms with van der Waals surface area (Å²) in [7, 11) is 0. The number of nitrogens with one attached hydrogen (secondary N) is 1. The Morgan fingerprint density at radius 3 is 3.06 bits per heavy atom. The number of rotatable bonds is 3. The van der Waals surface area contributed by atoms with E-state index < -0.39 is 0 Å². The van der Waals surface area contributed by atoms with Gasteiger partial charge in [-0.25, -0.2) is 0 Å². The summed E-state index contributed by atoms with van der Waals surface area (Å²) in [6, 6.07) is 5.98. The third-order valence-corrected chi connectivity index (χ3v) is 3.50. The normalized spacial score (nSPS) is 10.6. The van der Waals surface area contributed by atoms with E-state index in [1.165, 1.54) is 0 Å². The van der Waals surface area contributed by atoms with Gasteiger partial charge in [0.25, 0.3) is 0 Å². The van der Waals surface area contributed by atoms with Gasteiger partial charge >= 0.3 is 104 Å². The van der Waals surface area contributed by atoms with Gasteiger partial charge in [-0.1, -0.05) is 0 Å². The van der Waals surface area contributed by atoms with Gasteiger partial charge in [-0.2, -0.15) is 0 Å². The zero-order chi connectivity index (χ0) is 11.5. The van der Waals surface area contributed by atoms with Gasteiger partial charge in [0.2, 0.25) is 0 Å². The number of hydrogen-bond acceptors (Lipinski definition) is 5. The van der Waals surface area contributed by atoms with E-state index in [1.54, 1.807) is 18.6 Å². The Morgan fingerprint density at radius 2 is 2.18 bits per heavy atom. The summed E-state index contributed by atoms with van der Waals surface area (Å²) < 4.78 is 8.75. The van der Waals surface area contributed by atoms with Crippen molar-refractivity contribution in [3.05, 3.63) is 42.5 Å². The topological polar surface area (TPSA) is 63.6 Å². The maximum absolute atomic E-state index is 4.41. The first-order valence-corrected chi connectivity index (χ1v) is 6.67. The van der Waals surface area contributed by atoms with Crippen LogP contribution < -0.4 is 5.32 Å². The molecule has 6 heteroatoms. The van der Waals surface area contributed by atoms with Gasteiger partial charge in [0.15, 0.2) is 0 Å². The van der Waals surface area contributed by atoms with Crippen LogP contribution in [0.2, 0.25) is 0 Å². The van der Waals surface area contributed by atoms with Crippen LogP contribution in [0, 0.1) is 0 Å². The van der Waals surface area contributed by atoms with Crippen molar-refractivity contribution in [1.29, 1.82) is 0 Å². The molecule has 0 spiro atoms. The Bertz CT molecular complexity index is 622. The molecule has 0 saturated carbocycles. The molecule has 0 aliphatic rings. The summed E-state index contributed by atoms with van der Waals surface area (Å²) in [4.78, 5) is 8.24. The van der Waals surface area contributed by atoms with Gasteiger partial charge in [-0.05, 0) is 0 Å². The van der Waals surface area contributed by atoms with Crippen molar-refractivity contribution in [2.24, 2.45) is 0 Å². The summed E-state index contributed by atoms with van der Waals surface area (Å²) in [5, 5.41) is 3.32. The fourth-order valence-electron chi connectivity index (χ4n) is 1.56. The maximum atomic E-state index is 4.41. The monoisotopic (exact) mass is 291 g/mol. The van der Waals surface area contributed by atoms with Crippen molar-refractivity contribution in [3.63, 3.8) is 0 Å². The van der Waals surface area contributed by atoms with Crippen LogP contribution >= 0.6 is 0 Å². The Hall–Kier alpha value is -1.78. The molecule has 2 heterocycles. The van der Waals surface area contributed by atoms with Gasteiger partial charge in [-0.15, -0.1) is 0 Å². The number of benzene rings is 1. The molecular weight excluding hydrogens is 281 g/mol. The SMILES string of the molecule is c1cc(NCc2cnccn2)c2n[se]nc2c1. The van der Waals surface area contributed by atoms with E-state index in [2.05, 4.69) is 23.2 Å². The number of hydrogen-bond donors (Lipinski definition) is 1. The van der Waals surface area contributed by atoms with Crippen molar-refractivity contribution in [1.82, 2.24) is 17.9 Å². The molecule has 0 aliphatic heterocycles. The van der Waals surface area contributed by atoms with Crippen molar-refractivity contribution in [2.45, 2.75) is 6.54 Å².